The van der Waals surface area contributed by atoms with Crippen molar-refractivity contribution in [1.82, 2.24) is 19.7 Å². The first-order valence-corrected chi connectivity index (χ1v) is 5.18. The van der Waals surface area contributed by atoms with Crippen molar-refractivity contribution < 1.29 is 14.6 Å². The average molecular weight is 226 g/mol. The fraction of sp³-hybridized carbons (Fsp3) is 0.667. The number of carbonyl (C=O) groups is 1. The number of hydrogen-bond donors (Lipinski definition) is 1. The van der Waals surface area contributed by atoms with Crippen molar-refractivity contribution in [2.24, 2.45) is 0 Å². The number of aromatic carboxylic acids is 1. The van der Waals surface area contributed by atoms with Crippen LogP contribution in [0.3, 0.4) is 0 Å². The zero-order valence-electron chi connectivity index (χ0n) is 8.87. The summed E-state index contributed by atoms with van der Waals surface area (Å²) < 4.78 is 6.79. The predicted molar refractivity (Wildman–Crippen MR) is 54.2 cm³/mol. The molecule has 16 heavy (non-hydrogen) atoms. The van der Waals surface area contributed by atoms with E-state index in [0.717, 1.165) is 32.8 Å². The van der Waals surface area contributed by atoms with E-state index in [0.29, 0.717) is 6.54 Å². The van der Waals surface area contributed by atoms with Crippen LogP contribution in [0.2, 0.25) is 0 Å². The molecule has 1 aliphatic heterocycles. The Morgan fingerprint density at radius 1 is 1.44 bits per heavy atom. The number of morpholine rings is 1. The second kappa shape index (κ2) is 5.04. The van der Waals surface area contributed by atoms with Crippen LogP contribution in [0.25, 0.3) is 0 Å². The molecule has 0 aliphatic carbocycles. The summed E-state index contributed by atoms with van der Waals surface area (Å²) >= 11 is 0. The van der Waals surface area contributed by atoms with E-state index in [1.165, 1.54) is 6.33 Å². The molecule has 0 atom stereocenters. The Bertz CT molecular complexity index is 359. The molecule has 7 heteroatoms. The minimum Gasteiger partial charge on any atom is -0.475 e. The summed E-state index contributed by atoms with van der Waals surface area (Å²) in [6.07, 6.45) is 1.45. The number of carboxylic acid groups (broad SMARTS) is 1. The number of rotatable bonds is 4. The van der Waals surface area contributed by atoms with Crippen LogP contribution in [0.15, 0.2) is 6.33 Å². The maximum atomic E-state index is 10.6. The lowest BCUT2D eigenvalue weighted by molar-refractivity contribution is 0.0359. The van der Waals surface area contributed by atoms with Gasteiger partial charge in [0.25, 0.3) is 5.82 Å². The van der Waals surface area contributed by atoms with E-state index in [4.69, 9.17) is 9.84 Å². The van der Waals surface area contributed by atoms with Crippen LogP contribution in [0.5, 0.6) is 0 Å². The van der Waals surface area contributed by atoms with Crippen molar-refractivity contribution >= 4 is 5.97 Å². The molecule has 0 radical (unpaired) electrons. The largest absolute Gasteiger partial charge is 0.475 e. The molecule has 1 aromatic rings. The fourth-order valence-corrected chi connectivity index (χ4v) is 1.57. The first kappa shape index (κ1) is 11.0. The summed E-state index contributed by atoms with van der Waals surface area (Å²) in [5.41, 5.74) is 0. The highest BCUT2D eigenvalue weighted by Gasteiger charge is 2.12. The van der Waals surface area contributed by atoms with Crippen LogP contribution in [0.4, 0.5) is 0 Å². The minimum absolute atomic E-state index is 0.151. The van der Waals surface area contributed by atoms with E-state index in [1.54, 1.807) is 4.68 Å². The Kier molecular flexibility index (Phi) is 3.47. The number of carboxylic acids is 1. The van der Waals surface area contributed by atoms with Crippen LogP contribution >= 0.6 is 0 Å². The van der Waals surface area contributed by atoms with Gasteiger partial charge in [-0.05, 0) is 0 Å². The lowest BCUT2D eigenvalue weighted by atomic mass is 10.4. The van der Waals surface area contributed by atoms with Gasteiger partial charge in [0.05, 0.1) is 19.8 Å². The first-order valence-electron chi connectivity index (χ1n) is 5.18. The topological polar surface area (TPSA) is 80.5 Å². The molecule has 0 unspecified atom stereocenters. The van der Waals surface area contributed by atoms with Crippen molar-refractivity contribution in [3.63, 3.8) is 0 Å². The molecule has 0 bridgehead atoms. The lowest BCUT2D eigenvalue weighted by Gasteiger charge is -2.26. The van der Waals surface area contributed by atoms with Crippen molar-refractivity contribution in [1.29, 1.82) is 0 Å². The molecule has 0 amide bonds. The van der Waals surface area contributed by atoms with Gasteiger partial charge in [-0.15, -0.1) is 5.10 Å². The third kappa shape index (κ3) is 2.77. The van der Waals surface area contributed by atoms with Gasteiger partial charge in [0.2, 0.25) is 0 Å². The van der Waals surface area contributed by atoms with Crippen molar-refractivity contribution in [2.75, 3.05) is 32.8 Å². The van der Waals surface area contributed by atoms with E-state index in [9.17, 15) is 4.79 Å². The Morgan fingerprint density at radius 2 is 2.19 bits per heavy atom. The highest BCUT2D eigenvalue weighted by Crippen LogP contribution is 1.97. The third-order valence-electron chi connectivity index (χ3n) is 2.48. The summed E-state index contributed by atoms with van der Waals surface area (Å²) in [4.78, 5) is 16.5. The van der Waals surface area contributed by atoms with Crippen molar-refractivity contribution in [2.45, 2.75) is 6.54 Å². The second-order valence-corrected chi connectivity index (χ2v) is 3.59. The maximum absolute atomic E-state index is 10.6. The second-order valence-electron chi connectivity index (χ2n) is 3.59. The Labute approximate surface area is 92.6 Å². The summed E-state index contributed by atoms with van der Waals surface area (Å²) in [5.74, 6) is -1.24. The van der Waals surface area contributed by atoms with E-state index in [1.807, 2.05) is 0 Å². The van der Waals surface area contributed by atoms with Crippen LogP contribution in [0, 0.1) is 0 Å². The Balaban J connectivity index is 1.81. The van der Waals surface area contributed by atoms with Gasteiger partial charge in [0, 0.05) is 19.6 Å². The number of ether oxygens (including phenoxy) is 1. The van der Waals surface area contributed by atoms with Gasteiger partial charge in [0.15, 0.2) is 0 Å². The van der Waals surface area contributed by atoms with Crippen LogP contribution < -0.4 is 0 Å². The molecule has 0 spiro atoms. The number of hydrogen-bond acceptors (Lipinski definition) is 5. The summed E-state index contributed by atoms with van der Waals surface area (Å²) in [5, 5.41) is 12.5. The van der Waals surface area contributed by atoms with Gasteiger partial charge in [-0.25, -0.2) is 9.78 Å². The lowest BCUT2D eigenvalue weighted by Crippen LogP contribution is -2.38. The molecule has 1 aliphatic rings. The Morgan fingerprint density at radius 3 is 2.81 bits per heavy atom. The van der Waals surface area contributed by atoms with Gasteiger partial charge in [-0.1, -0.05) is 0 Å². The van der Waals surface area contributed by atoms with Crippen LogP contribution in [0.1, 0.15) is 10.6 Å². The SMILES string of the molecule is O=C(O)c1ncn(CCN2CCOCC2)n1. The molecular formula is C9H14N4O3. The zero-order chi connectivity index (χ0) is 11.4. The van der Waals surface area contributed by atoms with Gasteiger partial charge in [0.1, 0.15) is 6.33 Å². The number of nitrogens with zero attached hydrogens (tertiary/aromatic N) is 4. The maximum Gasteiger partial charge on any atom is 0.375 e. The van der Waals surface area contributed by atoms with Gasteiger partial charge in [-0.3, -0.25) is 9.58 Å². The van der Waals surface area contributed by atoms with Crippen molar-refractivity contribution in [3.8, 4) is 0 Å². The average Bonchev–Trinajstić information content (AvgIpc) is 2.76. The van der Waals surface area contributed by atoms with Gasteiger partial charge >= 0.3 is 5.97 Å². The van der Waals surface area contributed by atoms with E-state index in [2.05, 4.69) is 15.0 Å². The van der Waals surface area contributed by atoms with E-state index < -0.39 is 5.97 Å². The summed E-state index contributed by atoms with van der Waals surface area (Å²) in [6.45, 7) is 4.85. The molecule has 1 saturated heterocycles. The fourth-order valence-electron chi connectivity index (χ4n) is 1.57. The smallest absolute Gasteiger partial charge is 0.375 e. The zero-order valence-corrected chi connectivity index (χ0v) is 8.87. The highest BCUT2D eigenvalue weighted by atomic mass is 16.5. The molecule has 2 rings (SSSR count). The monoisotopic (exact) mass is 226 g/mol. The molecule has 0 aromatic carbocycles. The highest BCUT2D eigenvalue weighted by molar-refractivity contribution is 5.82. The van der Waals surface area contributed by atoms with Gasteiger partial charge in [-0.2, -0.15) is 0 Å². The molecule has 2 heterocycles. The first-order chi connectivity index (χ1) is 7.75. The van der Waals surface area contributed by atoms with Crippen LogP contribution in [-0.2, 0) is 11.3 Å². The predicted octanol–water partition coefficient (Wildman–Crippen LogP) is -0.691. The van der Waals surface area contributed by atoms with Crippen molar-refractivity contribution in [3.05, 3.63) is 12.2 Å². The summed E-state index contributed by atoms with van der Waals surface area (Å²) in [6, 6.07) is 0. The van der Waals surface area contributed by atoms with E-state index >= 15 is 0 Å². The number of aromatic nitrogens is 3. The molecular weight excluding hydrogens is 212 g/mol. The quantitative estimate of drug-likeness (QED) is 0.731. The normalized spacial score (nSPS) is 17.5. The minimum atomic E-state index is -1.09. The van der Waals surface area contributed by atoms with Gasteiger partial charge < -0.3 is 9.84 Å². The molecule has 1 aromatic heterocycles. The summed E-state index contributed by atoms with van der Waals surface area (Å²) in [7, 11) is 0. The molecule has 0 saturated carbocycles. The molecule has 88 valence electrons. The standard InChI is InChI=1S/C9H14N4O3/c14-9(15)8-10-7-13(11-8)2-1-12-3-5-16-6-4-12/h7H,1-6H2,(H,14,15). The van der Waals surface area contributed by atoms with Crippen LogP contribution in [-0.4, -0.2) is 63.6 Å². The molecule has 7 nitrogen and oxygen atoms in total. The molecule has 1 fully saturated rings. The Hall–Kier alpha value is -1.47. The van der Waals surface area contributed by atoms with E-state index in [-0.39, 0.29) is 5.82 Å². The molecule has 1 N–H and O–H groups in total. The third-order valence-corrected chi connectivity index (χ3v) is 2.48.